The van der Waals surface area contributed by atoms with E-state index < -0.39 is 17.5 Å². The maximum absolute atomic E-state index is 12.8. The Balaban J connectivity index is 3.12. The molecule has 0 fully saturated rings. The van der Waals surface area contributed by atoms with Crippen molar-refractivity contribution in [3.63, 3.8) is 0 Å². The number of aromatic nitrogens is 2. The number of hydrogen-bond acceptors (Lipinski definition) is 5. The van der Waals surface area contributed by atoms with E-state index in [9.17, 15) is 18.3 Å². The van der Waals surface area contributed by atoms with Crippen LogP contribution < -0.4 is 10.6 Å². The fraction of sp³-hybridized carbons (Fsp3) is 0.692. The average molecular weight is 306 g/mol. The molecule has 0 spiro atoms. The molecule has 0 aliphatic rings. The molecule has 0 aliphatic carbocycles. The summed E-state index contributed by atoms with van der Waals surface area (Å²) >= 11 is 0. The van der Waals surface area contributed by atoms with Crippen LogP contribution in [0.3, 0.4) is 0 Å². The van der Waals surface area contributed by atoms with Gasteiger partial charge in [0.15, 0.2) is 0 Å². The second kappa shape index (κ2) is 6.93. The van der Waals surface area contributed by atoms with Gasteiger partial charge in [-0.15, -0.1) is 0 Å². The van der Waals surface area contributed by atoms with Gasteiger partial charge in [0, 0.05) is 12.6 Å². The third-order valence-corrected chi connectivity index (χ3v) is 3.09. The van der Waals surface area contributed by atoms with Gasteiger partial charge in [-0.1, -0.05) is 13.8 Å². The number of aliphatic hydroxyl groups excluding tert-OH is 1. The van der Waals surface area contributed by atoms with E-state index in [1.807, 2.05) is 13.8 Å². The number of halogens is 3. The molecule has 0 saturated heterocycles. The summed E-state index contributed by atoms with van der Waals surface area (Å²) in [6.45, 7) is 5.73. The Morgan fingerprint density at radius 1 is 1.19 bits per heavy atom. The van der Waals surface area contributed by atoms with Crippen LogP contribution in [0.25, 0.3) is 0 Å². The van der Waals surface area contributed by atoms with Gasteiger partial charge in [-0.3, -0.25) is 0 Å². The molecule has 5 nitrogen and oxygen atoms in total. The molecule has 0 radical (unpaired) electrons. The average Bonchev–Trinajstić information content (AvgIpc) is 2.43. The van der Waals surface area contributed by atoms with Gasteiger partial charge in [0.1, 0.15) is 11.6 Å². The van der Waals surface area contributed by atoms with Crippen LogP contribution in [0.1, 0.15) is 39.4 Å². The van der Waals surface area contributed by atoms with Gasteiger partial charge in [0.25, 0.3) is 0 Å². The molecule has 1 heterocycles. The van der Waals surface area contributed by atoms with Crippen LogP contribution in [0, 0.1) is 0 Å². The summed E-state index contributed by atoms with van der Waals surface area (Å²) in [7, 11) is 0. The predicted octanol–water partition coefficient (Wildman–Crippen LogP) is 2.89. The zero-order chi connectivity index (χ0) is 16.1. The summed E-state index contributed by atoms with van der Waals surface area (Å²) in [4.78, 5) is 6.97. The van der Waals surface area contributed by atoms with Gasteiger partial charge in [0.2, 0.25) is 5.82 Å². The molecule has 1 aromatic rings. The normalized spacial score (nSPS) is 14.6. The van der Waals surface area contributed by atoms with E-state index in [0.717, 1.165) is 6.42 Å². The number of alkyl halides is 3. The fourth-order valence-corrected chi connectivity index (χ4v) is 1.53. The Bertz CT molecular complexity index is 461. The van der Waals surface area contributed by atoms with Gasteiger partial charge < -0.3 is 15.7 Å². The van der Waals surface area contributed by atoms with Crippen LogP contribution in [0.4, 0.5) is 24.8 Å². The number of aliphatic hydroxyl groups is 1. The molecule has 1 unspecified atom stereocenters. The van der Waals surface area contributed by atoms with E-state index in [0.29, 0.717) is 13.0 Å². The summed E-state index contributed by atoms with van der Waals surface area (Å²) in [5, 5.41) is 15.0. The van der Waals surface area contributed by atoms with E-state index in [-0.39, 0.29) is 18.2 Å². The maximum atomic E-state index is 12.8. The molecular formula is C13H21F3N4O. The van der Waals surface area contributed by atoms with E-state index in [1.165, 1.54) is 6.07 Å². The second-order valence-electron chi connectivity index (χ2n) is 5.08. The van der Waals surface area contributed by atoms with Crippen LogP contribution in [0.5, 0.6) is 0 Å². The van der Waals surface area contributed by atoms with Gasteiger partial charge in [-0.05, 0) is 19.8 Å². The number of hydrogen-bond donors (Lipinski definition) is 3. The minimum atomic E-state index is -4.62. The molecule has 120 valence electrons. The quantitative estimate of drug-likeness (QED) is 0.722. The van der Waals surface area contributed by atoms with Crippen molar-refractivity contribution in [2.24, 2.45) is 0 Å². The lowest BCUT2D eigenvalue weighted by Gasteiger charge is -2.28. The van der Waals surface area contributed by atoms with E-state index in [1.54, 1.807) is 6.92 Å². The first-order chi connectivity index (χ1) is 9.74. The molecule has 0 saturated carbocycles. The summed E-state index contributed by atoms with van der Waals surface area (Å²) in [6.07, 6.45) is -3.33. The monoisotopic (exact) mass is 306 g/mol. The highest BCUT2D eigenvalue weighted by Gasteiger charge is 2.36. The summed E-state index contributed by atoms with van der Waals surface area (Å²) in [5.74, 6) is -1.06. The van der Waals surface area contributed by atoms with Crippen molar-refractivity contribution >= 4 is 11.6 Å². The Hall–Kier alpha value is -1.57. The van der Waals surface area contributed by atoms with Gasteiger partial charge >= 0.3 is 6.18 Å². The van der Waals surface area contributed by atoms with Crippen molar-refractivity contribution in [3.05, 3.63) is 11.9 Å². The molecule has 0 amide bonds. The van der Waals surface area contributed by atoms with Crippen molar-refractivity contribution in [1.82, 2.24) is 9.97 Å². The lowest BCUT2D eigenvalue weighted by atomic mass is 10.0. The molecule has 8 heteroatoms. The summed E-state index contributed by atoms with van der Waals surface area (Å²) in [6, 6.07) is 1.41. The zero-order valence-electron chi connectivity index (χ0n) is 12.4. The third-order valence-electron chi connectivity index (χ3n) is 3.09. The van der Waals surface area contributed by atoms with Gasteiger partial charge in [-0.25, -0.2) is 9.97 Å². The highest BCUT2D eigenvalue weighted by molar-refractivity contribution is 5.49. The van der Waals surface area contributed by atoms with Crippen molar-refractivity contribution < 1.29 is 18.3 Å². The Kier molecular flexibility index (Phi) is 5.77. The fourth-order valence-electron chi connectivity index (χ4n) is 1.53. The lowest BCUT2D eigenvalue weighted by molar-refractivity contribution is -0.144. The first kappa shape index (κ1) is 17.5. The summed E-state index contributed by atoms with van der Waals surface area (Å²) < 4.78 is 38.5. The minimum Gasteiger partial charge on any atom is -0.394 e. The first-order valence-electron chi connectivity index (χ1n) is 6.83. The molecule has 1 atom stereocenters. The van der Waals surface area contributed by atoms with Gasteiger partial charge in [0.05, 0.1) is 12.1 Å². The Morgan fingerprint density at radius 3 is 2.29 bits per heavy atom. The van der Waals surface area contributed by atoms with Crippen LogP contribution in [-0.2, 0) is 6.18 Å². The van der Waals surface area contributed by atoms with Crippen molar-refractivity contribution in [2.75, 3.05) is 23.8 Å². The molecule has 1 rings (SSSR count). The van der Waals surface area contributed by atoms with Gasteiger partial charge in [-0.2, -0.15) is 13.2 Å². The number of nitrogens with zero attached hydrogens (tertiary/aromatic N) is 2. The van der Waals surface area contributed by atoms with Crippen molar-refractivity contribution in [3.8, 4) is 0 Å². The standard InChI is InChI=1S/C13H21F3N4O/c1-4-6-17-9-7-10(20-12(3,5-2)8-21)19-11(18-9)13(14,15)16/h7,21H,4-6,8H2,1-3H3,(H2,17,18,19,20). The highest BCUT2D eigenvalue weighted by Crippen LogP contribution is 2.29. The maximum Gasteiger partial charge on any atom is 0.451 e. The predicted molar refractivity (Wildman–Crippen MR) is 75.2 cm³/mol. The van der Waals surface area contributed by atoms with E-state index in [4.69, 9.17) is 0 Å². The van der Waals surface area contributed by atoms with Crippen molar-refractivity contribution in [2.45, 2.75) is 45.3 Å². The Morgan fingerprint density at radius 2 is 1.81 bits per heavy atom. The van der Waals surface area contributed by atoms with Crippen LogP contribution in [0.15, 0.2) is 6.07 Å². The number of anilines is 2. The molecule has 0 aromatic carbocycles. The molecule has 1 aromatic heterocycles. The smallest absolute Gasteiger partial charge is 0.394 e. The molecule has 0 aliphatic heterocycles. The largest absolute Gasteiger partial charge is 0.451 e. The van der Waals surface area contributed by atoms with Crippen molar-refractivity contribution in [1.29, 1.82) is 0 Å². The van der Waals surface area contributed by atoms with Crippen LogP contribution in [-0.4, -0.2) is 33.8 Å². The number of rotatable bonds is 7. The SMILES string of the molecule is CCCNc1cc(NC(C)(CC)CO)nc(C(F)(F)F)n1. The van der Waals surface area contributed by atoms with Crippen LogP contribution >= 0.6 is 0 Å². The minimum absolute atomic E-state index is 0.0364. The first-order valence-corrected chi connectivity index (χ1v) is 6.83. The lowest BCUT2D eigenvalue weighted by Crippen LogP contribution is -2.38. The number of nitrogens with one attached hydrogen (secondary N) is 2. The zero-order valence-corrected chi connectivity index (χ0v) is 12.4. The van der Waals surface area contributed by atoms with E-state index in [2.05, 4.69) is 20.6 Å². The van der Waals surface area contributed by atoms with E-state index >= 15 is 0 Å². The third kappa shape index (κ3) is 5.04. The topological polar surface area (TPSA) is 70.1 Å². The highest BCUT2D eigenvalue weighted by atomic mass is 19.4. The summed E-state index contributed by atoms with van der Waals surface area (Å²) in [5.41, 5.74) is -0.737. The van der Waals surface area contributed by atoms with Crippen LogP contribution in [0.2, 0.25) is 0 Å². The molecule has 0 bridgehead atoms. The second-order valence-corrected chi connectivity index (χ2v) is 5.08. The molecule has 21 heavy (non-hydrogen) atoms. The Labute approximate surface area is 122 Å². The molecule has 3 N–H and O–H groups in total. The molecular weight excluding hydrogens is 285 g/mol.